The average Bonchev–Trinajstić information content (AvgIpc) is 2.97. The fourth-order valence-electron chi connectivity index (χ4n) is 3.62. The molecule has 0 spiro atoms. The van der Waals surface area contributed by atoms with E-state index in [1.165, 1.54) is 18.2 Å². The Kier molecular flexibility index (Phi) is 5.25. The van der Waals surface area contributed by atoms with E-state index < -0.39 is 0 Å². The maximum absolute atomic E-state index is 13.4. The summed E-state index contributed by atoms with van der Waals surface area (Å²) in [7, 11) is 0. The number of thioether (sulfide) groups is 1. The first-order valence-electron chi connectivity index (χ1n) is 9.53. The van der Waals surface area contributed by atoms with Gasteiger partial charge in [-0.2, -0.15) is 0 Å². The van der Waals surface area contributed by atoms with E-state index in [0.717, 1.165) is 31.5 Å². The lowest BCUT2D eigenvalue weighted by Gasteiger charge is -2.29. The Bertz CT molecular complexity index is 1050. The number of carbonyl (C=O) groups is 1. The van der Waals surface area contributed by atoms with Crippen LogP contribution in [0.4, 0.5) is 5.82 Å². The van der Waals surface area contributed by atoms with Crippen molar-refractivity contribution in [1.82, 2.24) is 14.3 Å². The normalized spacial score (nSPS) is 19.3. The first-order valence-corrected chi connectivity index (χ1v) is 10.8. The summed E-state index contributed by atoms with van der Waals surface area (Å²) < 4.78 is 2.10. The molecule has 6 nitrogen and oxygen atoms in total. The Morgan fingerprint density at radius 2 is 1.96 bits per heavy atom. The number of pyridine rings is 1. The van der Waals surface area contributed by atoms with Gasteiger partial charge >= 0.3 is 0 Å². The van der Waals surface area contributed by atoms with E-state index in [2.05, 4.69) is 4.90 Å². The maximum atomic E-state index is 13.4. The third kappa shape index (κ3) is 3.35. The Morgan fingerprint density at radius 3 is 2.64 bits per heavy atom. The largest absolute Gasteiger partial charge is 0.356 e. The molecule has 146 valence electrons. The quantitative estimate of drug-likeness (QED) is 0.568. The Morgan fingerprint density at radius 1 is 1.21 bits per heavy atom. The molecular formula is C20H22N4O2S2. The van der Waals surface area contributed by atoms with E-state index in [0.29, 0.717) is 32.8 Å². The van der Waals surface area contributed by atoms with Crippen LogP contribution in [0.3, 0.4) is 0 Å². The first-order chi connectivity index (χ1) is 13.5. The highest BCUT2D eigenvalue weighted by Crippen LogP contribution is 2.33. The molecule has 2 aromatic heterocycles. The number of rotatable bonds is 3. The molecule has 0 aliphatic carbocycles. The van der Waals surface area contributed by atoms with Crippen LogP contribution in [0.5, 0.6) is 0 Å². The number of fused-ring (bicyclic) bond motifs is 1. The van der Waals surface area contributed by atoms with Gasteiger partial charge in [0.1, 0.15) is 15.8 Å². The third-order valence-corrected chi connectivity index (χ3v) is 6.48. The van der Waals surface area contributed by atoms with E-state index in [1.807, 2.05) is 26.0 Å². The highest BCUT2D eigenvalue weighted by atomic mass is 32.2. The van der Waals surface area contributed by atoms with Gasteiger partial charge < -0.3 is 4.90 Å². The number of aromatic nitrogens is 2. The zero-order valence-electron chi connectivity index (χ0n) is 16.0. The molecule has 0 radical (unpaired) electrons. The number of piperidine rings is 1. The lowest BCUT2D eigenvalue weighted by molar-refractivity contribution is -0.121. The van der Waals surface area contributed by atoms with E-state index in [-0.39, 0.29) is 11.5 Å². The second-order valence-corrected chi connectivity index (χ2v) is 8.74. The van der Waals surface area contributed by atoms with Crippen LogP contribution in [-0.2, 0) is 4.79 Å². The number of amides is 1. The Labute approximate surface area is 173 Å². The molecule has 28 heavy (non-hydrogen) atoms. The molecule has 4 heterocycles. The summed E-state index contributed by atoms with van der Waals surface area (Å²) in [5.74, 6) is 0.520. The molecule has 1 amide bonds. The van der Waals surface area contributed by atoms with Crippen molar-refractivity contribution in [3.63, 3.8) is 0 Å². The molecule has 0 saturated carbocycles. The van der Waals surface area contributed by atoms with Gasteiger partial charge in [0, 0.05) is 25.8 Å². The SMILES string of the molecule is CCN1C(=O)C(=Cc2c(N3CCCCC3)nc3ccc(C)cn3c2=O)SC1=S. The number of anilines is 1. The summed E-state index contributed by atoms with van der Waals surface area (Å²) in [6.45, 7) is 6.09. The predicted octanol–water partition coefficient (Wildman–Crippen LogP) is 3.21. The van der Waals surface area contributed by atoms with Gasteiger partial charge in [-0.15, -0.1) is 0 Å². The highest BCUT2D eigenvalue weighted by molar-refractivity contribution is 8.26. The van der Waals surface area contributed by atoms with Crippen molar-refractivity contribution in [2.45, 2.75) is 33.1 Å². The van der Waals surface area contributed by atoms with E-state index in [4.69, 9.17) is 17.2 Å². The van der Waals surface area contributed by atoms with Crippen molar-refractivity contribution < 1.29 is 4.79 Å². The van der Waals surface area contributed by atoms with Crippen molar-refractivity contribution >= 4 is 51.7 Å². The summed E-state index contributed by atoms with van der Waals surface area (Å²) in [6, 6.07) is 3.82. The van der Waals surface area contributed by atoms with Crippen molar-refractivity contribution in [3.8, 4) is 0 Å². The monoisotopic (exact) mass is 414 g/mol. The van der Waals surface area contributed by atoms with E-state index in [1.54, 1.807) is 21.6 Å². The van der Waals surface area contributed by atoms with E-state index in [9.17, 15) is 9.59 Å². The summed E-state index contributed by atoms with van der Waals surface area (Å²) in [5, 5.41) is 0. The van der Waals surface area contributed by atoms with Crippen LogP contribution >= 0.6 is 24.0 Å². The molecule has 0 bridgehead atoms. The number of likely N-dealkylation sites (N-methyl/N-ethyl adjacent to an activating group) is 1. The molecule has 2 fully saturated rings. The third-order valence-electron chi connectivity index (χ3n) is 5.11. The van der Waals surface area contributed by atoms with Crippen molar-refractivity contribution in [2.75, 3.05) is 24.5 Å². The number of carbonyl (C=O) groups excluding carboxylic acids is 1. The fraction of sp³-hybridized carbons (Fsp3) is 0.400. The minimum Gasteiger partial charge on any atom is -0.356 e. The maximum Gasteiger partial charge on any atom is 0.267 e. The van der Waals surface area contributed by atoms with Gasteiger partial charge in [-0.1, -0.05) is 30.0 Å². The van der Waals surface area contributed by atoms with E-state index >= 15 is 0 Å². The van der Waals surface area contributed by atoms with Gasteiger partial charge in [-0.25, -0.2) is 4.98 Å². The van der Waals surface area contributed by atoms with Crippen LogP contribution in [0.1, 0.15) is 37.3 Å². The van der Waals surface area contributed by atoms with Gasteiger partial charge in [0.2, 0.25) is 0 Å². The predicted molar refractivity (Wildman–Crippen MR) is 118 cm³/mol. The zero-order chi connectivity index (χ0) is 19.8. The van der Waals surface area contributed by atoms with Crippen molar-refractivity contribution in [2.24, 2.45) is 0 Å². The Balaban J connectivity index is 1.91. The second-order valence-electron chi connectivity index (χ2n) is 7.06. The summed E-state index contributed by atoms with van der Waals surface area (Å²) >= 11 is 6.56. The molecule has 0 N–H and O–H groups in total. The van der Waals surface area contributed by atoms with Crippen LogP contribution < -0.4 is 10.5 Å². The van der Waals surface area contributed by atoms with Gasteiger partial charge in [0.25, 0.3) is 11.5 Å². The molecule has 2 aromatic rings. The van der Waals surface area contributed by atoms with Crippen LogP contribution in [0.2, 0.25) is 0 Å². The summed E-state index contributed by atoms with van der Waals surface area (Å²) in [4.78, 5) is 35.0. The van der Waals surface area contributed by atoms with Gasteiger partial charge in [0.05, 0.1) is 10.5 Å². The lowest BCUT2D eigenvalue weighted by atomic mass is 10.1. The molecule has 0 unspecified atom stereocenters. The molecule has 2 saturated heterocycles. The molecule has 0 atom stereocenters. The molecule has 2 aliphatic rings. The molecule has 4 rings (SSSR count). The molecule has 8 heteroatoms. The highest BCUT2D eigenvalue weighted by Gasteiger charge is 2.31. The lowest BCUT2D eigenvalue weighted by Crippen LogP contribution is -2.33. The van der Waals surface area contributed by atoms with Crippen LogP contribution in [0.15, 0.2) is 28.0 Å². The van der Waals surface area contributed by atoms with Gasteiger partial charge in [-0.05, 0) is 50.8 Å². The smallest absolute Gasteiger partial charge is 0.267 e. The van der Waals surface area contributed by atoms with Gasteiger partial charge in [-0.3, -0.25) is 18.9 Å². The van der Waals surface area contributed by atoms with Gasteiger partial charge in [0.15, 0.2) is 0 Å². The van der Waals surface area contributed by atoms with Crippen molar-refractivity contribution in [1.29, 1.82) is 0 Å². The number of nitrogens with zero attached hydrogens (tertiary/aromatic N) is 4. The Hall–Kier alpha value is -2.19. The number of hydrogen-bond acceptors (Lipinski definition) is 6. The minimum atomic E-state index is -0.156. The average molecular weight is 415 g/mol. The first kappa shape index (κ1) is 19.1. The zero-order valence-corrected chi connectivity index (χ0v) is 17.6. The molecule has 0 aromatic carbocycles. The second kappa shape index (κ2) is 7.67. The number of hydrogen-bond donors (Lipinski definition) is 0. The van der Waals surface area contributed by atoms with Crippen LogP contribution in [0.25, 0.3) is 11.7 Å². The standard InChI is InChI=1S/C20H22N4O2S2/c1-3-23-19(26)15(28-20(23)27)11-14-17(22-9-5-4-6-10-22)21-16-8-7-13(2)12-24(16)18(14)25/h7-8,11-12H,3-6,9-10H2,1-2H3. The number of aryl methyl sites for hydroxylation is 1. The summed E-state index contributed by atoms with van der Waals surface area (Å²) in [5.41, 5.74) is 1.90. The molecule has 2 aliphatic heterocycles. The summed E-state index contributed by atoms with van der Waals surface area (Å²) in [6.07, 6.45) is 6.81. The number of thiocarbonyl (C=S) groups is 1. The van der Waals surface area contributed by atoms with Crippen molar-refractivity contribution in [3.05, 3.63) is 44.7 Å². The van der Waals surface area contributed by atoms with Crippen LogP contribution in [0, 0.1) is 6.92 Å². The molecular weight excluding hydrogens is 392 g/mol. The van der Waals surface area contributed by atoms with Crippen LogP contribution in [-0.4, -0.2) is 44.1 Å². The fourth-order valence-corrected chi connectivity index (χ4v) is 4.99. The topological polar surface area (TPSA) is 57.9 Å². The minimum absolute atomic E-state index is 0.143.